The molecule has 0 aromatic heterocycles. The third-order valence-corrected chi connectivity index (χ3v) is 2.63. The van der Waals surface area contributed by atoms with E-state index in [9.17, 15) is 0 Å². The predicted molar refractivity (Wildman–Crippen MR) is 45.1 cm³/mol. The monoisotopic (exact) mass is 139 g/mol. The lowest BCUT2D eigenvalue weighted by molar-refractivity contribution is 0.134. The van der Waals surface area contributed by atoms with Gasteiger partial charge in [-0.15, -0.1) is 0 Å². The maximum atomic E-state index is 2.38. The Morgan fingerprint density at radius 1 is 0.900 bits per heavy atom. The van der Waals surface area contributed by atoms with E-state index in [0.29, 0.717) is 0 Å². The van der Waals surface area contributed by atoms with E-state index in [1.165, 1.54) is 0 Å². The Labute approximate surface area is 63.7 Å². The van der Waals surface area contributed by atoms with Crippen molar-refractivity contribution in [1.29, 1.82) is 0 Å². The lowest BCUT2D eigenvalue weighted by atomic mass is 10.0. The predicted octanol–water partition coefficient (Wildman–Crippen LogP) is 2.05. The molecule has 58 valence electrons. The third kappa shape index (κ3) is 0.988. The van der Waals surface area contributed by atoms with Gasteiger partial charge in [0.15, 0.2) is 0 Å². The van der Waals surface area contributed by atoms with E-state index >= 15 is 0 Å². The SMILES string of the molecule is CN1C(C)(C)C=CC1(C)C. The molecule has 0 unspecified atom stereocenters. The quantitative estimate of drug-likeness (QED) is 0.464. The molecule has 1 aliphatic heterocycles. The summed E-state index contributed by atoms with van der Waals surface area (Å²) in [7, 11) is 2.17. The van der Waals surface area contributed by atoms with Crippen LogP contribution in [-0.4, -0.2) is 23.0 Å². The van der Waals surface area contributed by atoms with Gasteiger partial charge in [-0.05, 0) is 34.7 Å². The summed E-state index contributed by atoms with van der Waals surface area (Å²) in [6.45, 7) is 8.94. The maximum absolute atomic E-state index is 2.38. The highest BCUT2D eigenvalue weighted by Gasteiger charge is 2.36. The summed E-state index contributed by atoms with van der Waals surface area (Å²) < 4.78 is 0. The van der Waals surface area contributed by atoms with Gasteiger partial charge in [0, 0.05) is 11.1 Å². The molecule has 1 heterocycles. The lowest BCUT2D eigenvalue weighted by Gasteiger charge is -2.37. The lowest BCUT2D eigenvalue weighted by Crippen LogP contribution is -2.45. The smallest absolute Gasteiger partial charge is 0.0340 e. The zero-order valence-corrected chi connectivity index (χ0v) is 7.60. The fourth-order valence-corrected chi connectivity index (χ4v) is 1.37. The van der Waals surface area contributed by atoms with Crippen molar-refractivity contribution < 1.29 is 0 Å². The van der Waals surface area contributed by atoms with Crippen LogP contribution in [0.1, 0.15) is 27.7 Å². The molecule has 1 heteroatoms. The molecule has 0 saturated carbocycles. The number of hydrogen-bond donors (Lipinski definition) is 0. The zero-order valence-electron chi connectivity index (χ0n) is 7.60. The molecular formula is C9H17N. The molecule has 10 heavy (non-hydrogen) atoms. The van der Waals surface area contributed by atoms with Gasteiger partial charge in [0.05, 0.1) is 0 Å². The van der Waals surface area contributed by atoms with Gasteiger partial charge in [0.25, 0.3) is 0 Å². The van der Waals surface area contributed by atoms with Gasteiger partial charge in [-0.1, -0.05) is 12.2 Å². The molecule has 0 amide bonds. The van der Waals surface area contributed by atoms with Crippen LogP contribution in [0.4, 0.5) is 0 Å². The molecule has 1 aliphatic rings. The number of nitrogens with zero attached hydrogens (tertiary/aromatic N) is 1. The van der Waals surface area contributed by atoms with Crippen molar-refractivity contribution >= 4 is 0 Å². The average Bonchev–Trinajstić information content (AvgIpc) is 1.95. The molecule has 1 rings (SSSR count). The standard InChI is InChI=1S/C9H17N/c1-8(2)6-7-9(3,4)10(8)5/h6-7H,1-5H3. The maximum Gasteiger partial charge on any atom is 0.0340 e. The zero-order chi connectivity index (χ0) is 7.99. The summed E-state index contributed by atoms with van der Waals surface area (Å²) in [5, 5.41) is 0. The molecule has 0 saturated heterocycles. The van der Waals surface area contributed by atoms with Gasteiger partial charge >= 0.3 is 0 Å². The van der Waals surface area contributed by atoms with E-state index in [0.717, 1.165) is 0 Å². The Hall–Kier alpha value is -0.300. The summed E-state index contributed by atoms with van der Waals surface area (Å²) in [5.41, 5.74) is 0.479. The van der Waals surface area contributed by atoms with Crippen LogP contribution in [0.15, 0.2) is 12.2 Å². The van der Waals surface area contributed by atoms with Crippen LogP contribution in [0.2, 0.25) is 0 Å². The molecule has 0 radical (unpaired) electrons. The Kier molecular flexibility index (Phi) is 1.44. The minimum Gasteiger partial charge on any atom is -0.289 e. The summed E-state index contributed by atoms with van der Waals surface area (Å²) in [6.07, 6.45) is 4.54. The highest BCUT2D eigenvalue weighted by molar-refractivity contribution is 5.19. The van der Waals surface area contributed by atoms with Crippen LogP contribution in [0.25, 0.3) is 0 Å². The van der Waals surface area contributed by atoms with Crippen LogP contribution < -0.4 is 0 Å². The minimum absolute atomic E-state index is 0.240. The molecule has 0 spiro atoms. The van der Waals surface area contributed by atoms with Crippen molar-refractivity contribution in [2.24, 2.45) is 0 Å². The van der Waals surface area contributed by atoms with E-state index in [2.05, 4.69) is 51.8 Å². The van der Waals surface area contributed by atoms with Gasteiger partial charge in [0.2, 0.25) is 0 Å². The van der Waals surface area contributed by atoms with Gasteiger partial charge in [-0.2, -0.15) is 0 Å². The Balaban J connectivity index is 2.88. The van der Waals surface area contributed by atoms with Crippen LogP contribution in [0.5, 0.6) is 0 Å². The molecular weight excluding hydrogens is 122 g/mol. The molecule has 0 aromatic carbocycles. The number of rotatable bonds is 0. The van der Waals surface area contributed by atoms with Crippen LogP contribution >= 0.6 is 0 Å². The van der Waals surface area contributed by atoms with E-state index in [-0.39, 0.29) is 11.1 Å². The van der Waals surface area contributed by atoms with Crippen molar-refractivity contribution in [3.63, 3.8) is 0 Å². The first-order chi connectivity index (χ1) is 4.36. The first kappa shape index (κ1) is 7.80. The Morgan fingerprint density at radius 3 is 1.30 bits per heavy atom. The molecule has 0 N–H and O–H groups in total. The Bertz CT molecular complexity index is 148. The molecule has 0 aromatic rings. The van der Waals surface area contributed by atoms with Crippen molar-refractivity contribution in [3.05, 3.63) is 12.2 Å². The first-order valence-electron chi connectivity index (χ1n) is 3.81. The fourth-order valence-electron chi connectivity index (χ4n) is 1.37. The third-order valence-electron chi connectivity index (χ3n) is 2.63. The summed E-state index contributed by atoms with van der Waals surface area (Å²) in [6, 6.07) is 0. The average molecular weight is 139 g/mol. The second kappa shape index (κ2) is 1.85. The second-order valence-corrected chi connectivity index (χ2v) is 4.20. The van der Waals surface area contributed by atoms with Gasteiger partial charge in [-0.3, -0.25) is 4.90 Å². The topological polar surface area (TPSA) is 3.24 Å². The van der Waals surface area contributed by atoms with Crippen molar-refractivity contribution in [2.45, 2.75) is 38.8 Å². The van der Waals surface area contributed by atoms with Gasteiger partial charge in [-0.25, -0.2) is 0 Å². The summed E-state index contributed by atoms with van der Waals surface area (Å²) >= 11 is 0. The molecule has 0 bridgehead atoms. The minimum atomic E-state index is 0.240. The highest BCUT2D eigenvalue weighted by Crippen LogP contribution is 2.31. The molecule has 0 fully saturated rings. The number of hydrogen-bond acceptors (Lipinski definition) is 1. The summed E-state index contributed by atoms with van der Waals surface area (Å²) in [5.74, 6) is 0. The van der Waals surface area contributed by atoms with Crippen molar-refractivity contribution in [1.82, 2.24) is 4.90 Å². The van der Waals surface area contributed by atoms with E-state index in [4.69, 9.17) is 0 Å². The van der Waals surface area contributed by atoms with E-state index in [1.807, 2.05) is 0 Å². The van der Waals surface area contributed by atoms with Gasteiger partial charge in [0.1, 0.15) is 0 Å². The van der Waals surface area contributed by atoms with Crippen LogP contribution in [0.3, 0.4) is 0 Å². The Morgan fingerprint density at radius 2 is 1.20 bits per heavy atom. The largest absolute Gasteiger partial charge is 0.289 e. The molecule has 0 atom stereocenters. The van der Waals surface area contributed by atoms with Crippen LogP contribution in [0, 0.1) is 0 Å². The summed E-state index contributed by atoms with van der Waals surface area (Å²) in [4.78, 5) is 2.38. The first-order valence-corrected chi connectivity index (χ1v) is 3.81. The fraction of sp³-hybridized carbons (Fsp3) is 0.778. The van der Waals surface area contributed by atoms with Gasteiger partial charge < -0.3 is 0 Å². The van der Waals surface area contributed by atoms with E-state index < -0.39 is 0 Å². The van der Waals surface area contributed by atoms with Crippen LogP contribution in [-0.2, 0) is 0 Å². The number of likely N-dealkylation sites (N-methyl/N-ethyl adjacent to an activating group) is 1. The molecule has 1 nitrogen and oxygen atoms in total. The normalized spacial score (nSPS) is 29.3. The highest BCUT2D eigenvalue weighted by atomic mass is 15.2. The van der Waals surface area contributed by atoms with E-state index in [1.54, 1.807) is 0 Å². The molecule has 0 aliphatic carbocycles. The van der Waals surface area contributed by atoms with Crippen molar-refractivity contribution in [3.8, 4) is 0 Å². The van der Waals surface area contributed by atoms with Crippen molar-refractivity contribution in [2.75, 3.05) is 7.05 Å². The second-order valence-electron chi connectivity index (χ2n) is 4.20.